The van der Waals surface area contributed by atoms with Crippen molar-refractivity contribution in [1.29, 1.82) is 0 Å². The Morgan fingerprint density at radius 1 is 1.44 bits per heavy atom. The molecule has 1 amide bonds. The summed E-state index contributed by atoms with van der Waals surface area (Å²) in [5, 5.41) is 2.77. The Morgan fingerprint density at radius 3 is 2.50 bits per heavy atom. The van der Waals surface area contributed by atoms with Gasteiger partial charge in [0.05, 0.1) is 12.2 Å². The molecule has 1 aromatic rings. The number of nitrogens with one attached hydrogen (secondary N) is 1. The summed E-state index contributed by atoms with van der Waals surface area (Å²) < 4.78 is 5.38. The van der Waals surface area contributed by atoms with Gasteiger partial charge in [-0.25, -0.2) is 4.98 Å². The summed E-state index contributed by atoms with van der Waals surface area (Å²) in [5.41, 5.74) is 6.73. The summed E-state index contributed by atoms with van der Waals surface area (Å²) in [7, 11) is 0. The molecule has 1 aromatic heterocycles. The van der Waals surface area contributed by atoms with Crippen LogP contribution in [0.4, 0.5) is 0 Å². The van der Waals surface area contributed by atoms with Crippen molar-refractivity contribution in [3.05, 3.63) is 17.3 Å². The Hall–Kier alpha value is -1.36. The van der Waals surface area contributed by atoms with Crippen molar-refractivity contribution < 1.29 is 9.21 Å². The topological polar surface area (TPSA) is 81.2 Å². The summed E-state index contributed by atoms with van der Waals surface area (Å²) in [5.74, 6) is 1.24. The zero-order valence-corrected chi connectivity index (χ0v) is 11.8. The van der Waals surface area contributed by atoms with Gasteiger partial charge in [0.15, 0.2) is 0 Å². The molecule has 1 rings (SSSR count). The molecule has 0 saturated carbocycles. The summed E-state index contributed by atoms with van der Waals surface area (Å²) in [6, 6.07) is -0.162. The first kappa shape index (κ1) is 14.7. The number of hydrogen-bond donors (Lipinski definition) is 2. The highest BCUT2D eigenvalue weighted by molar-refractivity contribution is 5.76. The monoisotopic (exact) mass is 253 g/mol. The lowest BCUT2D eigenvalue weighted by Gasteiger charge is -2.26. The highest BCUT2D eigenvalue weighted by Gasteiger charge is 2.23. The van der Waals surface area contributed by atoms with Crippen molar-refractivity contribution in [3.63, 3.8) is 0 Å². The zero-order chi connectivity index (χ0) is 13.9. The number of carbonyl (C=O) groups is 1. The van der Waals surface area contributed by atoms with Crippen LogP contribution in [-0.2, 0) is 11.3 Å². The average molecular weight is 253 g/mol. The fourth-order valence-electron chi connectivity index (χ4n) is 1.37. The molecule has 0 aromatic carbocycles. The molecule has 0 fully saturated rings. The number of hydrogen-bond acceptors (Lipinski definition) is 4. The fraction of sp³-hybridized carbons (Fsp3) is 0.692. The van der Waals surface area contributed by atoms with Gasteiger partial charge in [-0.2, -0.15) is 0 Å². The predicted molar refractivity (Wildman–Crippen MR) is 69.9 cm³/mol. The second-order valence-electron chi connectivity index (χ2n) is 5.70. The summed E-state index contributed by atoms with van der Waals surface area (Å²) in [6.07, 6.45) is 0.308. The van der Waals surface area contributed by atoms with E-state index in [9.17, 15) is 4.79 Å². The third-order valence-corrected chi connectivity index (χ3v) is 3.03. The highest BCUT2D eigenvalue weighted by atomic mass is 16.4. The third kappa shape index (κ3) is 4.14. The number of nitrogens with two attached hydrogens (primary N) is 1. The van der Waals surface area contributed by atoms with Crippen LogP contribution in [0.3, 0.4) is 0 Å². The minimum absolute atomic E-state index is 0.0759. The van der Waals surface area contributed by atoms with Crippen LogP contribution < -0.4 is 11.1 Å². The van der Waals surface area contributed by atoms with Crippen LogP contribution >= 0.6 is 0 Å². The van der Waals surface area contributed by atoms with E-state index in [4.69, 9.17) is 10.2 Å². The molecule has 0 aliphatic rings. The van der Waals surface area contributed by atoms with E-state index >= 15 is 0 Å². The molecule has 5 nitrogen and oxygen atoms in total. The van der Waals surface area contributed by atoms with E-state index in [0.29, 0.717) is 18.9 Å². The summed E-state index contributed by atoms with van der Waals surface area (Å²) in [6.45, 7) is 10.1. The molecule has 0 saturated heterocycles. The van der Waals surface area contributed by atoms with Gasteiger partial charge in [0, 0.05) is 12.5 Å². The molecule has 1 unspecified atom stereocenters. The van der Waals surface area contributed by atoms with E-state index in [1.165, 1.54) is 0 Å². The van der Waals surface area contributed by atoms with E-state index in [-0.39, 0.29) is 17.4 Å². The maximum absolute atomic E-state index is 11.7. The first-order valence-corrected chi connectivity index (χ1v) is 6.15. The number of aromatic nitrogens is 1. The second-order valence-corrected chi connectivity index (χ2v) is 5.70. The molecule has 0 spiro atoms. The number of rotatable bonds is 4. The van der Waals surface area contributed by atoms with Gasteiger partial charge in [0.25, 0.3) is 0 Å². The predicted octanol–water partition coefficient (Wildman–Crippen LogP) is 1.67. The van der Waals surface area contributed by atoms with Crippen LogP contribution in [0.1, 0.15) is 44.5 Å². The highest BCUT2D eigenvalue weighted by Crippen LogP contribution is 2.19. The molecule has 0 aliphatic carbocycles. The largest absolute Gasteiger partial charge is 0.444 e. The van der Waals surface area contributed by atoms with Crippen LogP contribution in [0.25, 0.3) is 0 Å². The van der Waals surface area contributed by atoms with E-state index in [2.05, 4.69) is 10.3 Å². The Kier molecular flexibility index (Phi) is 4.51. The number of amides is 1. The average Bonchev–Trinajstić information content (AvgIpc) is 2.54. The molecule has 5 heteroatoms. The SMILES string of the molecule is Cc1nc(CNC(=O)CC(N)C(C)(C)C)oc1C. The molecule has 0 radical (unpaired) electrons. The molecule has 0 aliphatic heterocycles. The number of carbonyl (C=O) groups excluding carboxylic acids is 1. The zero-order valence-electron chi connectivity index (χ0n) is 11.8. The van der Waals surface area contributed by atoms with E-state index in [0.717, 1.165) is 11.5 Å². The maximum Gasteiger partial charge on any atom is 0.222 e. The Balaban J connectivity index is 2.42. The van der Waals surface area contributed by atoms with Gasteiger partial charge in [0.1, 0.15) is 5.76 Å². The normalized spacial score (nSPS) is 13.4. The molecule has 0 bridgehead atoms. The summed E-state index contributed by atoms with van der Waals surface area (Å²) >= 11 is 0. The first-order valence-electron chi connectivity index (χ1n) is 6.15. The van der Waals surface area contributed by atoms with Gasteiger partial charge >= 0.3 is 0 Å². The smallest absolute Gasteiger partial charge is 0.222 e. The van der Waals surface area contributed by atoms with Gasteiger partial charge in [0.2, 0.25) is 11.8 Å². The maximum atomic E-state index is 11.7. The Labute approximate surface area is 108 Å². The van der Waals surface area contributed by atoms with Gasteiger partial charge in [-0.05, 0) is 19.3 Å². The van der Waals surface area contributed by atoms with Crippen LogP contribution in [0.5, 0.6) is 0 Å². The third-order valence-electron chi connectivity index (χ3n) is 3.03. The number of oxazole rings is 1. The second kappa shape index (κ2) is 5.52. The van der Waals surface area contributed by atoms with Crippen molar-refractivity contribution in [2.75, 3.05) is 0 Å². The lowest BCUT2D eigenvalue weighted by Crippen LogP contribution is -2.40. The molecule has 102 valence electrons. The van der Waals surface area contributed by atoms with Crippen LogP contribution in [0.15, 0.2) is 4.42 Å². The number of nitrogens with zero attached hydrogens (tertiary/aromatic N) is 1. The lowest BCUT2D eigenvalue weighted by molar-refractivity contribution is -0.122. The molecule has 1 heterocycles. The van der Waals surface area contributed by atoms with Crippen molar-refractivity contribution in [1.82, 2.24) is 10.3 Å². The lowest BCUT2D eigenvalue weighted by atomic mass is 9.85. The van der Waals surface area contributed by atoms with Gasteiger partial charge in [-0.1, -0.05) is 20.8 Å². The van der Waals surface area contributed by atoms with Crippen LogP contribution in [-0.4, -0.2) is 16.9 Å². The van der Waals surface area contributed by atoms with Gasteiger partial charge in [-0.15, -0.1) is 0 Å². The quantitative estimate of drug-likeness (QED) is 0.855. The van der Waals surface area contributed by atoms with Crippen LogP contribution in [0, 0.1) is 19.3 Å². The van der Waals surface area contributed by atoms with E-state index in [1.807, 2.05) is 34.6 Å². The Morgan fingerprint density at radius 2 is 2.06 bits per heavy atom. The number of aryl methyl sites for hydroxylation is 2. The van der Waals surface area contributed by atoms with Crippen molar-refractivity contribution in [3.8, 4) is 0 Å². The van der Waals surface area contributed by atoms with Gasteiger partial charge in [-0.3, -0.25) is 4.79 Å². The van der Waals surface area contributed by atoms with E-state index < -0.39 is 0 Å². The van der Waals surface area contributed by atoms with Crippen molar-refractivity contribution in [2.24, 2.45) is 11.1 Å². The Bertz CT molecular complexity index is 399. The van der Waals surface area contributed by atoms with Crippen molar-refractivity contribution >= 4 is 5.91 Å². The van der Waals surface area contributed by atoms with Gasteiger partial charge < -0.3 is 15.5 Å². The molecular formula is C13H23N3O2. The fourth-order valence-corrected chi connectivity index (χ4v) is 1.37. The molecule has 18 heavy (non-hydrogen) atoms. The minimum Gasteiger partial charge on any atom is -0.444 e. The molecule has 3 N–H and O–H groups in total. The van der Waals surface area contributed by atoms with Crippen LogP contribution in [0.2, 0.25) is 0 Å². The molecular weight excluding hydrogens is 230 g/mol. The van der Waals surface area contributed by atoms with E-state index in [1.54, 1.807) is 0 Å². The van der Waals surface area contributed by atoms with Crippen molar-refractivity contribution in [2.45, 2.75) is 53.6 Å². The molecule has 1 atom stereocenters. The standard InChI is InChI=1S/C13H23N3O2/c1-8-9(2)18-12(16-8)7-15-11(17)6-10(14)13(3,4)5/h10H,6-7,14H2,1-5H3,(H,15,17). The first-order chi connectivity index (χ1) is 8.20. The summed E-state index contributed by atoms with van der Waals surface area (Å²) in [4.78, 5) is 15.9. The minimum atomic E-state index is -0.162.